The lowest BCUT2D eigenvalue weighted by Gasteiger charge is -2.21. The number of ether oxygens (including phenoxy) is 1. The number of nitrogens with one attached hydrogen (secondary N) is 1. The monoisotopic (exact) mass is 436 g/mol. The fourth-order valence-electron chi connectivity index (χ4n) is 2.86. The van der Waals surface area contributed by atoms with E-state index in [-0.39, 0.29) is 17.3 Å². The Balaban J connectivity index is 0.000000370. The van der Waals surface area contributed by atoms with Crippen LogP contribution >= 0.6 is 23.2 Å². The lowest BCUT2D eigenvalue weighted by molar-refractivity contribution is -0.138. The summed E-state index contributed by atoms with van der Waals surface area (Å²) < 4.78 is 4.55. The number of carbonyl (C=O) groups excluding carboxylic acids is 2. The molecule has 0 bridgehead atoms. The van der Waals surface area contributed by atoms with Gasteiger partial charge < -0.3 is 10.1 Å². The molecule has 2 aromatic rings. The maximum atomic E-state index is 12.6. The van der Waals surface area contributed by atoms with Gasteiger partial charge in [0, 0.05) is 12.1 Å². The number of piperidine rings is 1. The Morgan fingerprint density at radius 2 is 1.76 bits per heavy atom. The largest absolute Gasteiger partial charge is 0.462 e. The number of nitrogens with zero attached hydrogens (tertiary/aromatic N) is 1. The molecule has 0 atom stereocenters. The first-order valence-electron chi connectivity index (χ1n) is 9.49. The van der Waals surface area contributed by atoms with Gasteiger partial charge in [0.1, 0.15) is 11.3 Å². The van der Waals surface area contributed by atoms with Crippen molar-refractivity contribution < 1.29 is 14.3 Å². The maximum Gasteiger partial charge on any atom is 0.293 e. The van der Waals surface area contributed by atoms with Crippen LogP contribution in [-0.2, 0) is 9.53 Å². The molecule has 1 aliphatic heterocycles. The highest BCUT2D eigenvalue weighted by Gasteiger charge is 2.23. The van der Waals surface area contributed by atoms with Crippen LogP contribution in [0.1, 0.15) is 44.1 Å². The maximum absolute atomic E-state index is 12.6. The lowest BCUT2D eigenvalue weighted by Crippen LogP contribution is -2.32. The number of rotatable bonds is 4. The van der Waals surface area contributed by atoms with Gasteiger partial charge in [-0.3, -0.25) is 14.6 Å². The number of benzene rings is 1. The molecule has 1 N–H and O–H groups in total. The van der Waals surface area contributed by atoms with Crippen LogP contribution < -0.4 is 5.32 Å². The molecule has 29 heavy (non-hydrogen) atoms. The summed E-state index contributed by atoms with van der Waals surface area (Å²) in [5.41, 5.74) is 2.05. The predicted molar refractivity (Wildman–Crippen MR) is 117 cm³/mol. The summed E-state index contributed by atoms with van der Waals surface area (Å²) in [6.45, 7) is 7.70. The summed E-state index contributed by atoms with van der Waals surface area (Å²) >= 11 is 12.0. The van der Waals surface area contributed by atoms with E-state index in [0.717, 1.165) is 37.1 Å². The molecule has 0 amide bonds. The van der Waals surface area contributed by atoms with Crippen LogP contribution in [0, 0.1) is 5.92 Å². The van der Waals surface area contributed by atoms with Crippen molar-refractivity contribution in [3.63, 3.8) is 0 Å². The van der Waals surface area contributed by atoms with Crippen molar-refractivity contribution in [2.75, 3.05) is 13.1 Å². The van der Waals surface area contributed by atoms with Gasteiger partial charge in [-0.25, -0.2) is 0 Å². The second-order valence-electron chi connectivity index (χ2n) is 7.77. The van der Waals surface area contributed by atoms with Crippen LogP contribution in [0.3, 0.4) is 0 Å². The minimum Gasteiger partial charge on any atom is -0.462 e. The average Bonchev–Trinajstić information content (AvgIpc) is 2.70. The molecule has 156 valence electrons. The van der Waals surface area contributed by atoms with E-state index in [4.69, 9.17) is 23.2 Å². The molecular weight excluding hydrogens is 411 g/mol. The molecule has 7 heteroatoms. The number of Topliss-reactive ketones (excluding diaryl/α,β-unsaturated/α-hetero) is 1. The van der Waals surface area contributed by atoms with Crippen LogP contribution in [0.2, 0.25) is 10.0 Å². The van der Waals surface area contributed by atoms with Crippen LogP contribution in [0.15, 0.2) is 36.5 Å². The van der Waals surface area contributed by atoms with Gasteiger partial charge in [-0.05, 0) is 82.1 Å². The third-order valence-corrected chi connectivity index (χ3v) is 5.12. The average molecular weight is 437 g/mol. The Morgan fingerprint density at radius 3 is 2.31 bits per heavy atom. The number of pyridine rings is 1. The Morgan fingerprint density at radius 1 is 1.10 bits per heavy atom. The molecule has 0 spiro atoms. The molecule has 0 saturated carbocycles. The SMILES string of the molecule is CC(C)(C)OC=O.O=C(c1cc(-c2ccc(Cl)c(Cl)c2)ccn1)C1CCNCC1. The Bertz CT molecular complexity index is 844. The molecule has 2 heterocycles. The van der Waals surface area contributed by atoms with Gasteiger partial charge in [0.05, 0.1) is 10.0 Å². The summed E-state index contributed by atoms with van der Waals surface area (Å²) in [6.07, 6.45) is 3.42. The summed E-state index contributed by atoms with van der Waals surface area (Å²) in [5, 5.41) is 4.29. The molecular formula is C22H26Cl2N2O3. The van der Waals surface area contributed by atoms with Gasteiger partial charge >= 0.3 is 0 Å². The third kappa shape index (κ3) is 7.42. The highest BCUT2D eigenvalue weighted by atomic mass is 35.5. The van der Waals surface area contributed by atoms with E-state index in [9.17, 15) is 9.59 Å². The Hall–Kier alpha value is -1.95. The molecule has 1 aromatic carbocycles. The van der Waals surface area contributed by atoms with Crippen LogP contribution in [0.25, 0.3) is 11.1 Å². The summed E-state index contributed by atoms with van der Waals surface area (Å²) in [4.78, 5) is 26.4. The van der Waals surface area contributed by atoms with E-state index >= 15 is 0 Å². The van der Waals surface area contributed by atoms with Gasteiger partial charge in [0.25, 0.3) is 6.47 Å². The zero-order valence-corrected chi connectivity index (χ0v) is 18.4. The Labute approximate surface area is 181 Å². The second-order valence-corrected chi connectivity index (χ2v) is 8.59. The summed E-state index contributed by atoms with van der Waals surface area (Å²) in [5.74, 6) is 0.196. The van der Waals surface area contributed by atoms with Crippen LogP contribution in [0.5, 0.6) is 0 Å². The highest BCUT2D eigenvalue weighted by molar-refractivity contribution is 6.42. The van der Waals surface area contributed by atoms with Crippen molar-refractivity contribution in [3.8, 4) is 11.1 Å². The van der Waals surface area contributed by atoms with E-state index in [1.807, 2.05) is 39.0 Å². The molecule has 1 fully saturated rings. The Kier molecular flexibility index (Phi) is 8.62. The molecule has 0 radical (unpaired) electrons. The quantitative estimate of drug-likeness (QED) is 0.526. The highest BCUT2D eigenvalue weighted by Crippen LogP contribution is 2.29. The molecule has 1 aromatic heterocycles. The first kappa shape index (κ1) is 23.3. The minimum atomic E-state index is -0.318. The number of aromatic nitrogens is 1. The van der Waals surface area contributed by atoms with Crippen molar-refractivity contribution in [2.24, 2.45) is 5.92 Å². The summed E-state index contributed by atoms with van der Waals surface area (Å²) in [6, 6.07) is 9.16. The van der Waals surface area contributed by atoms with Crippen molar-refractivity contribution in [1.82, 2.24) is 10.3 Å². The topological polar surface area (TPSA) is 68.3 Å². The van der Waals surface area contributed by atoms with Crippen LogP contribution in [0.4, 0.5) is 0 Å². The van der Waals surface area contributed by atoms with E-state index in [1.54, 1.807) is 18.3 Å². The second kappa shape index (κ2) is 10.7. The van der Waals surface area contributed by atoms with E-state index in [0.29, 0.717) is 22.2 Å². The minimum absolute atomic E-state index is 0.0674. The van der Waals surface area contributed by atoms with Gasteiger partial charge in [0.2, 0.25) is 0 Å². The molecule has 1 saturated heterocycles. The van der Waals surface area contributed by atoms with E-state index < -0.39 is 0 Å². The van der Waals surface area contributed by atoms with Crippen LogP contribution in [-0.4, -0.2) is 35.9 Å². The molecule has 3 rings (SSSR count). The summed E-state index contributed by atoms with van der Waals surface area (Å²) in [7, 11) is 0. The zero-order valence-electron chi connectivity index (χ0n) is 16.9. The number of hydrogen-bond donors (Lipinski definition) is 1. The van der Waals surface area contributed by atoms with Crippen molar-refractivity contribution in [2.45, 2.75) is 39.2 Å². The fraction of sp³-hybridized carbons (Fsp3) is 0.409. The normalized spacial score (nSPS) is 14.5. The number of hydrogen-bond acceptors (Lipinski definition) is 5. The fourth-order valence-corrected chi connectivity index (χ4v) is 3.16. The zero-order chi connectivity index (χ0) is 21.4. The predicted octanol–water partition coefficient (Wildman–Crippen LogP) is 5.20. The third-order valence-electron chi connectivity index (χ3n) is 4.38. The lowest BCUT2D eigenvalue weighted by atomic mass is 9.91. The van der Waals surface area contributed by atoms with E-state index in [1.165, 1.54) is 0 Å². The van der Waals surface area contributed by atoms with Gasteiger partial charge in [-0.15, -0.1) is 0 Å². The van der Waals surface area contributed by atoms with E-state index in [2.05, 4.69) is 15.0 Å². The number of carbonyl (C=O) groups is 2. The standard InChI is InChI=1S/C17H16Cl2N2O.C5H10O2/c18-14-2-1-12(9-15(14)19)13-5-8-21-16(10-13)17(22)11-3-6-20-7-4-11;1-5(2,3)7-4-6/h1-2,5,8-11,20H,3-4,6-7H2;4H,1-3H3. The first-order valence-corrected chi connectivity index (χ1v) is 10.2. The van der Waals surface area contributed by atoms with Gasteiger partial charge in [0.15, 0.2) is 5.78 Å². The smallest absolute Gasteiger partial charge is 0.293 e. The number of halogens is 2. The van der Waals surface area contributed by atoms with Gasteiger partial charge in [-0.2, -0.15) is 0 Å². The molecule has 0 aliphatic carbocycles. The molecule has 0 unspecified atom stereocenters. The molecule has 1 aliphatic rings. The first-order chi connectivity index (χ1) is 13.7. The number of ketones is 1. The van der Waals surface area contributed by atoms with Crippen molar-refractivity contribution in [3.05, 3.63) is 52.3 Å². The van der Waals surface area contributed by atoms with Crippen molar-refractivity contribution >= 4 is 35.5 Å². The van der Waals surface area contributed by atoms with Gasteiger partial charge in [-0.1, -0.05) is 29.3 Å². The van der Waals surface area contributed by atoms with Crippen molar-refractivity contribution in [1.29, 1.82) is 0 Å². The molecule has 5 nitrogen and oxygen atoms in total.